The summed E-state index contributed by atoms with van der Waals surface area (Å²) in [5.74, 6) is 1.51. The van der Waals surface area contributed by atoms with E-state index in [-0.39, 0.29) is 12.7 Å². The molecule has 1 saturated carbocycles. The van der Waals surface area contributed by atoms with Gasteiger partial charge in [-0.25, -0.2) is 4.39 Å². The van der Waals surface area contributed by atoms with Crippen LogP contribution in [0.5, 0.6) is 0 Å². The van der Waals surface area contributed by atoms with Crippen molar-refractivity contribution in [3.63, 3.8) is 0 Å². The molecule has 2 aliphatic rings. The Kier molecular flexibility index (Phi) is 1.22. The van der Waals surface area contributed by atoms with Crippen molar-refractivity contribution in [2.24, 2.45) is 11.8 Å². The van der Waals surface area contributed by atoms with Crippen molar-refractivity contribution in [3.8, 4) is 0 Å². The summed E-state index contributed by atoms with van der Waals surface area (Å²) in [7, 11) is 0. The van der Waals surface area contributed by atoms with Crippen LogP contribution in [0.1, 0.15) is 12.8 Å². The van der Waals surface area contributed by atoms with Gasteiger partial charge in [-0.1, -0.05) is 0 Å². The number of fused-ring (bicyclic) bond motifs is 1. The van der Waals surface area contributed by atoms with Crippen LogP contribution in [-0.4, -0.2) is 19.3 Å². The van der Waals surface area contributed by atoms with E-state index < -0.39 is 0 Å². The van der Waals surface area contributed by atoms with E-state index in [1.807, 2.05) is 0 Å². The molecule has 0 amide bonds. The molecule has 0 bridgehead atoms. The van der Waals surface area contributed by atoms with Crippen molar-refractivity contribution >= 4 is 0 Å². The summed E-state index contributed by atoms with van der Waals surface area (Å²) in [6.07, 6.45) is 2.58. The fraction of sp³-hybridized carbons (Fsp3) is 1.00. The summed E-state index contributed by atoms with van der Waals surface area (Å²) in [5.41, 5.74) is 0. The molecule has 0 spiro atoms. The molecule has 0 radical (unpaired) electrons. The van der Waals surface area contributed by atoms with E-state index >= 15 is 0 Å². The van der Waals surface area contributed by atoms with E-state index in [0.29, 0.717) is 5.92 Å². The molecule has 3 atom stereocenters. The molecule has 0 aromatic carbocycles. The summed E-state index contributed by atoms with van der Waals surface area (Å²) in [5, 5.41) is 3.19. The highest BCUT2D eigenvalue weighted by Gasteiger charge is 2.41. The lowest BCUT2D eigenvalue weighted by Gasteiger charge is -2.31. The minimum atomic E-state index is -0.166. The molecule has 3 unspecified atom stereocenters. The fourth-order valence-corrected chi connectivity index (χ4v) is 2.00. The largest absolute Gasteiger partial charge is 0.311 e. The van der Waals surface area contributed by atoms with Gasteiger partial charge in [0.15, 0.2) is 0 Å². The van der Waals surface area contributed by atoms with Gasteiger partial charge in [0.1, 0.15) is 6.67 Å². The molecule has 1 saturated heterocycles. The van der Waals surface area contributed by atoms with Crippen molar-refractivity contribution in [2.75, 3.05) is 13.2 Å². The van der Waals surface area contributed by atoms with Crippen LogP contribution < -0.4 is 5.32 Å². The molecule has 0 aromatic rings. The van der Waals surface area contributed by atoms with Gasteiger partial charge in [-0.3, -0.25) is 0 Å². The molecule has 2 heteroatoms. The molecule has 0 aromatic heterocycles. The first-order valence-electron chi connectivity index (χ1n) is 3.71. The molecule has 52 valence electrons. The fourth-order valence-electron chi connectivity index (χ4n) is 2.00. The second-order valence-electron chi connectivity index (χ2n) is 3.17. The van der Waals surface area contributed by atoms with Gasteiger partial charge in [-0.2, -0.15) is 0 Å². The van der Waals surface area contributed by atoms with Crippen LogP contribution in [0.2, 0.25) is 0 Å². The van der Waals surface area contributed by atoms with Crippen molar-refractivity contribution in [2.45, 2.75) is 18.9 Å². The van der Waals surface area contributed by atoms with Gasteiger partial charge < -0.3 is 5.32 Å². The minimum Gasteiger partial charge on any atom is -0.311 e. The van der Waals surface area contributed by atoms with Gasteiger partial charge in [-0.05, 0) is 31.2 Å². The van der Waals surface area contributed by atoms with Crippen LogP contribution in [0.15, 0.2) is 0 Å². The quantitative estimate of drug-likeness (QED) is 0.556. The van der Waals surface area contributed by atoms with Crippen LogP contribution in [0, 0.1) is 11.8 Å². The summed E-state index contributed by atoms with van der Waals surface area (Å²) in [6.45, 7) is 0.903. The van der Waals surface area contributed by atoms with Crippen LogP contribution >= 0.6 is 0 Å². The van der Waals surface area contributed by atoms with E-state index in [1.165, 1.54) is 12.8 Å². The number of nitrogens with one attached hydrogen (secondary N) is 1. The summed E-state index contributed by atoms with van der Waals surface area (Å²) in [6, 6.07) is 0.212. The molecule has 1 aliphatic heterocycles. The molecule has 1 aliphatic carbocycles. The molecule has 2 fully saturated rings. The Morgan fingerprint density at radius 2 is 2.33 bits per heavy atom. The standard InChI is InChI=1S/C7H12FN/c8-3-7-6-2-1-5(6)4-9-7/h5-7,9H,1-4H2. The van der Waals surface area contributed by atoms with Crippen LogP contribution in [-0.2, 0) is 0 Å². The first-order chi connectivity index (χ1) is 4.42. The predicted molar refractivity (Wildman–Crippen MR) is 34.0 cm³/mol. The molecular formula is C7H12FN. The van der Waals surface area contributed by atoms with Gasteiger partial charge in [0.2, 0.25) is 0 Å². The van der Waals surface area contributed by atoms with Gasteiger partial charge in [0.05, 0.1) is 0 Å². The number of hydrogen-bond acceptors (Lipinski definition) is 1. The highest BCUT2D eigenvalue weighted by atomic mass is 19.1. The zero-order valence-electron chi connectivity index (χ0n) is 5.44. The number of halogens is 1. The lowest BCUT2D eigenvalue weighted by atomic mass is 9.73. The average molecular weight is 129 g/mol. The second kappa shape index (κ2) is 1.94. The van der Waals surface area contributed by atoms with Gasteiger partial charge in [0.25, 0.3) is 0 Å². The van der Waals surface area contributed by atoms with Crippen LogP contribution in [0.4, 0.5) is 4.39 Å². The number of alkyl halides is 1. The molecule has 9 heavy (non-hydrogen) atoms. The van der Waals surface area contributed by atoms with Crippen molar-refractivity contribution in [1.29, 1.82) is 0 Å². The lowest BCUT2D eigenvalue weighted by Crippen LogP contribution is -2.33. The molecular weight excluding hydrogens is 117 g/mol. The SMILES string of the molecule is FCC1NCC2CCC21. The van der Waals surface area contributed by atoms with Crippen LogP contribution in [0.3, 0.4) is 0 Å². The van der Waals surface area contributed by atoms with Crippen molar-refractivity contribution < 1.29 is 4.39 Å². The smallest absolute Gasteiger partial charge is 0.105 e. The van der Waals surface area contributed by atoms with E-state index in [2.05, 4.69) is 5.32 Å². The third-order valence-electron chi connectivity index (χ3n) is 2.80. The van der Waals surface area contributed by atoms with Gasteiger partial charge in [0, 0.05) is 6.04 Å². The normalized spacial score (nSPS) is 48.3. The van der Waals surface area contributed by atoms with Gasteiger partial charge in [-0.15, -0.1) is 0 Å². The Bertz CT molecular complexity index is 113. The highest BCUT2D eigenvalue weighted by Crippen LogP contribution is 2.40. The maximum atomic E-state index is 12.1. The first-order valence-corrected chi connectivity index (χ1v) is 3.71. The third kappa shape index (κ3) is 0.692. The topological polar surface area (TPSA) is 12.0 Å². The Balaban J connectivity index is 1.97. The van der Waals surface area contributed by atoms with Crippen molar-refractivity contribution in [1.82, 2.24) is 5.32 Å². The van der Waals surface area contributed by atoms with Crippen molar-refractivity contribution in [3.05, 3.63) is 0 Å². The molecule has 1 heterocycles. The number of rotatable bonds is 1. The summed E-state index contributed by atoms with van der Waals surface area (Å²) >= 11 is 0. The lowest BCUT2D eigenvalue weighted by molar-refractivity contribution is 0.191. The molecule has 2 rings (SSSR count). The Morgan fingerprint density at radius 1 is 1.44 bits per heavy atom. The first kappa shape index (κ1) is 5.66. The Morgan fingerprint density at radius 3 is 2.67 bits per heavy atom. The monoisotopic (exact) mass is 129 g/mol. The second-order valence-corrected chi connectivity index (χ2v) is 3.17. The van der Waals surface area contributed by atoms with E-state index in [1.54, 1.807) is 0 Å². The zero-order valence-corrected chi connectivity index (χ0v) is 5.44. The number of hydrogen-bond donors (Lipinski definition) is 1. The molecule has 1 nitrogen and oxygen atoms in total. The third-order valence-corrected chi connectivity index (χ3v) is 2.80. The summed E-state index contributed by atoms with van der Waals surface area (Å²) < 4.78 is 12.1. The predicted octanol–water partition coefficient (Wildman–Crippen LogP) is 0.954. The minimum absolute atomic E-state index is 0.166. The molecule has 1 N–H and O–H groups in total. The van der Waals surface area contributed by atoms with E-state index in [4.69, 9.17) is 0 Å². The Labute approximate surface area is 54.6 Å². The van der Waals surface area contributed by atoms with Gasteiger partial charge >= 0.3 is 0 Å². The Hall–Kier alpha value is -0.110. The average Bonchev–Trinajstić information content (AvgIpc) is 2.07. The zero-order chi connectivity index (χ0) is 6.27. The van der Waals surface area contributed by atoms with Crippen LogP contribution in [0.25, 0.3) is 0 Å². The maximum absolute atomic E-state index is 12.1. The maximum Gasteiger partial charge on any atom is 0.105 e. The van der Waals surface area contributed by atoms with E-state index in [9.17, 15) is 4.39 Å². The highest BCUT2D eigenvalue weighted by molar-refractivity contribution is 4.96. The summed E-state index contributed by atoms with van der Waals surface area (Å²) in [4.78, 5) is 0. The van der Waals surface area contributed by atoms with E-state index in [0.717, 1.165) is 12.5 Å².